The lowest BCUT2D eigenvalue weighted by Gasteiger charge is -2.17. The molecule has 0 aromatic carbocycles. The van der Waals surface area contributed by atoms with Crippen molar-refractivity contribution in [3.8, 4) is 0 Å². The minimum atomic E-state index is -2.60. The Hall–Kier alpha value is -3.18. The maximum atomic E-state index is 11.4. The molecule has 20 heavy (non-hydrogen) atoms. The summed E-state index contributed by atoms with van der Waals surface area (Å²) in [5.74, 6) is -8.78. The van der Waals surface area contributed by atoms with Crippen LogP contribution in [0, 0.1) is 5.92 Å². The molecule has 1 unspecified atom stereocenters. The maximum Gasteiger partial charge on any atom is 0.334 e. The summed E-state index contributed by atoms with van der Waals surface area (Å²) in [6.45, 7) is 0. The standard InChI is InChI=1S/C8H7N3O9/c12-3(13)1(4(14)15)2(5(16)17)11-7(19)9-6(18)10-8(11)20/h1-2H,(H,12,13)(H,14,15)(H,16,17)(H2,9,10,18,19,20). The highest BCUT2D eigenvalue weighted by molar-refractivity contribution is 5.97. The van der Waals surface area contributed by atoms with Crippen LogP contribution in [-0.4, -0.2) is 47.8 Å². The summed E-state index contributed by atoms with van der Waals surface area (Å²) in [5, 5.41) is 26.3. The molecule has 0 spiro atoms. The summed E-state index contributed by atoms with van der Waals surface area (Å²) in [5.41, 5.74) is -4.33. The highest BCUT2D eigenvalue weighted by atomic mass is 16.4. The van der Waals surface area contributed by atoms with Crippen LogP contribution in [0.15, 0.2) is 14.4 Å². The first kappa shape index (κ1) is 14.9. The lowest BCUT2D eigenvalue weighted by Crippen LogP contribution is -2.51. The number of carboxylic acids is 3. The third-order valence-electron chi connectivity index (χ3n) is 2.26. The van der Waals surface area contributed by atoms with Crippen molar-refractivity contribution >= 4 is 17.9 Å². The molecule has 0 radical (unpaired) electrons. The zero-order chi connectivity index (χ0) is 15.6. The van der Waals surface area contributed by atoms with Gasteiger partial charge in [-0.05, 0) is 0 Å². The van der Waals surface area contributed by atoms with Gasteiger partial charge in [0.25, 0.3) is 0 Å². The lowest BCUT2D eigenvalue weighted by molar-refractivity contribution is -0.163. The van der Waals surface area contributed by atoms with Crippen molar-refractivity contribution in [3.63, 3.8) is 0 Å². The van der Waals surface area contributed by atoms with Gasteiger partial charge in [-0.1, -0.05) is 0 Å². The molecule has 12 nitrogen and oxygen atoms in total. The smallest absolute Gasteiger partial charge is 0.334 e. The average molecular weight is 289 g/mol. The SMILES string of the molecule is O=C(O)C(C(=O)O)C(C(=O)O)n1c(=O)[nH]c(=O)[nH]c1=O. The monoisotopic (exact) mass is 289 g/mol. The molecule has 108 valence electrons. The highest BCUT2D eigenvalue weighted by Crippen LogP contribution is 2.16. The van der Waals surface area contributed by atoms with Crippen LogP contribution in [0.4, 0.5) is 0 Å². The fraction of sp³-hybridized carbons (Fsp3) is 0.250. The number of carbonyl (C=O) groups is 3. The molecule has 0 aliphatic carbocycles. The number of rotatable bonds is 5. The van der Waals surface area contributed by atoms with Crippen molar-refractivity contribution in [2.75, 3.05) is 0 Å². The van der Waals surface area contributed by atoms with E-state index in [-0.39, 0.29) is 4.57 Å². The van der Waals surface area contributed by atoms with Crippen molar-refractivity contribution in [1.82, 2.24) is 14.5 Å². The summed E-state index contributed by atoms with van der Waals surface area (Å²) in [6.07, 6.45) is 0. The number of aromatic nitrogens is 3. The molecule has 12 heteroatoms. The van der Waals surface area contributed by atoms with Crippen molar-refractivity contribution < 1.29 is 29.7 Å². The molecule has 0 saturated carbocycles. The van der Waals surface area contributed by atoms with Crippen molar-refractivity contribution in [1.29, 1.82) is 0 Å². The van der Waals surface area contributed by atoms with E-state index in [1.807, 2.05) is 0 Å². The summed E-state index contributed by atoms with van der Waals surface area (Å²) in [7, 11) is 0. The summed E-state index contributed by atoms with van der Waals surface area (Å²) < 4.78 is -0.198. The second kappa shape index (κ2) is 5.21. The number of nitrogens with zero attached hydrogens (tertiary/aromatic N) is 1. The second-order valence-corrected chi connectivity index (χ2v) is 3.50. The fourth-order valence-corrected chi connectivity index (χ4v) is 1.47. The maximum absolute atomic E-state index is 11.4. The molecular weight excluding hydrogens is 282 g/mol. The van der Waals surface area contributed by atoms with E-state index >= 15 is 0 Å². The van der Waals surface area contributed by atoms with E-state index in [4.69, 9.17) is 15.3 Å². The van der Waals surface area contributed by atoms with Gasteiger partial charge in [0.2, 0.25) is 0 Å². The summed E-state index contributed by atoms with van der Waals surface area (Å²) >= 11 is 0. The van der Waals surface area contributed by atoms with Crippen LogP contribution in [0.3, 0.4) is 0 Å². The van der Waals surface area contributed by atoms with Crippen LogP contribution in [0.1, 0.15) is 6.04 Å². The molecular formula is C8H7N3O9. The Bertz CT molecular complexity index is 690. The predicted molar refractivity (Wildman–Crippen MR) is 57.4 cm³/mol. The number of hydrogen-bond donors (Lipinski definition) is 5. The van der Waals surface area contributed by atoms with Gasteiger partial charge in [0.1, 0.15) is 0 Å². The molecule has 1 atom stereocenters. The molecule has 0 bridgehead atoms. The van der Waals surface area contributed by atoms with Crippen molar-refractivity contribution in [2.45, 2.75) is 6.04 Å². The van der Waals surface area contributed by atoms with Gasteiger partial charge in [0.15, 0.2) is 12.0 Å². The Balaban J connectivity index is 3.67. The van der Waals surface area contributed by atoms with E-state index in [0.717, 1.165) is 0 Å². The summed E-state index contributed by atoms with van der Waals surface area (Å²) in [6, 6.07) is -2.53. The van der Waals surface area contributed by atoms with E-state index in [9.17, 15) is 28.8 Å². The average Bonchev–Trinajstić information content (AvgIpc) is 2.24. The van der Waals surface area contributed by atoms with Crippen LogP contribution in [0.25, 0.3) is 0 Å². The van der Waals surface area contributed by atoms with Crippen LogP contribution in [0.5, 0.6) is 0 Å². The molecule has 0 saturated heterocycles. The lowest BCUT2D eigenvalue weighted by atomic mass is 10.00. The van der Waals surface area contributed by atoms with Gasteiger partial charge in [-0.2, -0.15) is 0 Å². The largest absolute Gasteiger partial charge is 0.481 e. The Kier molecular flexibility index (Phi) is 3.88. The van der Waals surface area contributed by atoms with Gasteiger partial charge in [0, 0.05) is 0 Å². The van der Waals surface area contributed by atoms with E-state index in [1.165, 1.54) is 9.97 Å². The molecule has 1 aromatic heterocycles. The van der Waals surface area contributed by atoms with Gasteiger partial charge >= 0.3 is 35.0 Å². The highest BCUT2D eigenvalue weighted by Gasteiger charge is 2.42. The van der Waals surface area contributed by atoms with E-state index in [2.05, 4.69) is 0 Å². The second-order valence-electron chi connectivity index (χ2n) is 3.50. The number of aromatic amines is 2. The molecule has 0 aliphatic heterocycles. The zero-order valence-corrected chi connectivity index (χ0v) is 9.39. The summed E-state index contributed by atoms with van der Waals surface area (Å²) in [4.78, 5) is 69.2. The first-order valence-corrected chi connectivity index (χ1v) is 4.80. The molecule has 5 N–H and O–H groups in total. The normalized spacial score (nSPS) is 12.1. The Morgan fingerprint density at radius 3 is 1.55 bits per heavy atom. The Labute approximate surface area is 106 Å². The minimum Gasteiger partial charge on any atom is -0.481 e. The van der Waals surface area contributed by atoms with Gasteiger partial charge in [0.05, 0.1) is 0 Å². The van der Waals surface area contributed by atoms with Crippen molar-refractivity contribution in [3.05, 3.63) is 31.5 Å². The predicted octanol–water partition coefficient (Wildman–Crippen LogP) is -3.36. The van der Waals surface area contributed by atoms with Gasteiger partial charge in [-0.25, -0.2) is 23.7 Å². The van der Waals surface area contributed by atoms with Crippen LogP contribution >= 0.6 is 0 Å². The number of carboxylic acid groups (broad SMARTS) is 3. The number of aliphatic carboxylic acids is 3. The van der Waals surface area contributed by atoms with E-state index < -0.39 is 46.9 Å². The first-order chi connectivity index (χ1) is 9.16. The Morgan fingerprint density at radius 2 is 1.25 bits per heavy atom. The van der Waals surface area contributed by atoms with Crippen molar-refractivity contribution in [2.24, 2.45) is 5.92 Å². The van der Waals surface area contributed by atoms with Gasteiger partial charge in [-0.15, -0.1) is 0 Å². The minimum absolute atomic E-state index is 0.198. The number of hydrogen-bond acceptors (Lipinski definition) is 6. The molecule has 0 fully saturated rings. The van der Waals surface area contributed by atoms with Gasteiger partial charge < -0.3 is 15.3 Å². The fourth-order valence-electron chi connectivity index (χ4n) is 1.47. The van der Waals surface area contributed by atoms with Crippen LogP contribution in [-0.2, 0) is 14.4 Å². The first-order valence-electron chi connectivity index (χ1n) is 4.80. The topological polar surface area (TPSA) is 200 Å². The molecule has 0 aliphatic rings. The van der Waals surface area contributed by atoms with E-state index in [0.29, 0.717) is 0 Å². The molecule has 1 heterocycles. The Morgan fingerprint density at radius 1 is 0.850 bits per heavy atom. The third-order valence-corrected chi connectivity index (χ3v) is 2.26. The zero-order valence-electron chi connectivity index (χ0n) is 9.39. The molecule has 1 rings (SSSR count). The third kappa shape index (κ3) is 2.63. The van der Waals surface area contributed by atoms with Gasteiger partial charge in [-0.3, -0.25) is 19.6 Å². The number of nitrogens with one attached hydrogen (secondary N) is 2. The van der Waals surface area contributed by atoms with Crippen LogP contribution < -0.4 is 17.1 Å². The quantitative estimate of drug-likeness (QED) is 0.343. The molecule has 0 amide bonds. The van der Waals surface area contributed by atoms with Crippen LogP contribution in [0.2, 0.25) is 0 Å². The van der Waals surface area contributed by atoms with E-state index in [1.54, 1.807) is 0 Å². The number of H-pyrrole nitrogens is 2. The molecule has 1 aromatic rings.